The van der Waals surface area contributed by atoms with Crippen LogP contribution in [0.5, 0.6) is 11.5 Å². The molecule has 1 N–H and O–H groups in total. The fourth-order valence-electron chi connectivity index (χ4n) is 2.55. The van der Waals surface area contributed by atoms with Crippen LogP contribution in [0.4, 0.5) is 13.2 Å². The third-order valence-corrected chi connectivity index (χ3v) is 4.21. The molecule has 0 fully saturated rings. The molecule has 3 rings (SSSR count). The molecule has 2 aromatic heterocycles. The normalized spacial score (nSPS) is 11.3. The number of halogens is 4. The van der Waals surface area contributed by atoms with E-state index in [2.05, 4.69) is 5.10 Å². The molecule has 156 valence electrons. The van der Waals surface area contributed by atoms with Crippen LogP contribution >= 0.6 is 11.6 Å². The summed E-state index contributed by atoms with van der Waals surface area (Å²) in [6.45, 7) is -0.568. The lowest BCUT2D eigenvalue weighted by molar-refractivity contribution is -0.138. The molecule has 13 heteroatoms. The standard InChI is InChI=1S/C17H11ClF3N5O4/c1-24-15(28)23-26(16(24)29)8-25-3-2-12(17(19,20)21)13(14(25)27)30-11-5-9(7-22)4-10(18)6-11/h2-6H,8H2,1H3,(H,23,28). The van der Waals surface area contributed by atoms with Gasteiger partial charge in [-0.25, -0.2) is 23.9 Å². The number of nitriles is 1. The summed E-state index contributed by atoms with van der Waals surface area (Å²) in [5, 5.41) is 11.2. The molecule has 30 heavy (non-hydrogen) atoms. The quantitative estimate of drug-likeness (QED) is 0.664. The molecule has 9 nitrogen and oxygen atoms in total. The number of hydrogen-bond acceptors (Lipinski definition) is 5. The van der Waals surface area contributed by atoms with Gasteiger partial charge in [0.2, 0.25) is 5.75 Å². The van der Waals surface area contributed by atoms with Gasteiger partial charge in [-0.3, -0.25) is 9.36 Å². The van der Waals surface area contributed by atoms with Crippen LogP contribution < -0.4 is 21.7 Å². The molecule has 0 aliphatic rings. The van der Waals surface area contributed by atoms with Crippen LogP contribution in [0, 0.1) is 11.3 Å². The van der Waals surface area contributed by atoms with Crippen molar-refractivity contribution in [3.63, 3.8) is 0 Å². The number of ether oxygens (including phenoxy) is 1. The summed E-state index contributed by atoms with van der Waals surface area (Å²) in [5.41, 5.74) is -4.14. The first-order chi connectivity index (χ1) is 14.0. The van der Waals surface area contributed by atoms with Gasteiger partial charge in [0, 0.05) is 18.3 Å². The molecule has 2 heterocycles. The fourth-order valence-corrected chi connectivity index (χ4v) is 2.77. The van der Waals surface area contributed by atoms with Crippen molar-refractivity contribution < 1.29 is 17.9 Å². The predicted molar refractivity (Wildman–Crippen MR) is 97.6 cm³/mol. The zero-order valence-electron chi connectivity index (χ0n) is 15.0. The first kappa shape index (κ1) is 21.0. The zero-order chi connectivity index (χ0) is 22.2. The first-order valence-corrected chi connectivity index (χ1v) is 8.44. The van der Waals surface area contributed by atoms with Crippen molar-refractivity contribution in [2.45, 2.75) is 12.8 Å². The van der Waals surface area contributed by atoms with E-state index in [0.29, 0.717) is 6.07 Å². The number of rotatable bonds is 4. The smallest absolute Gasteiger partial charge is 0.420 e. The Morgan fingerprint density at radius 2 is 1.93 bits per heavy atom. The van der Waals surface area contributed by atoms with Gasteiger partial charge in [-0.15, -0.1) is 0 Å². The third kappa shape index (κ3) is 4.01. The molecular weight excluding hydrogens is 431 g/mol. The van der Waals surface area contributed by atoms with Crippen LogP contribution in [0.25, 0.3) is 0 Å². The number of nitrogens with one attached hydrogen (secondary N) is 1. The van der Waals surface area contributed by atoms with Gasteiger partial charge in [-0.05, 0) is 24.3 Å². The molecule has 0 spiro atoms. The van der Waals surface area contributed by atoms with E-state index in [9.17, 15) is 27.6 Å². The fraction of sp³-hybridized carbons (Fsp3) is 0.176. The first-order valence-electron chi connectivity index (χ1n) is 8.06. The highest BCUT2D eigenvalue weighted by molar-refractivity contribution is 6.30. The SMILES string of the molecule is Cn1c(=O)[nH]n(Cn2ccc(C(F)(F)F)c(Oc3cc(Cl)cc(C#N)c3)c2=O)c1=O. The number of aromatic amines is 1. The largest absolute Gasteiger partial charge is 0.451 e. The minimum absolute atomic E-state index is 0.00993. The molecular formula is C17H11ClF3N5O4. The van der Waals surface area contributed by atoms with E-state index in [0.717, 1.165) is 32.1 Å². The number of aromatic nitrogens is 4. The number of H-pyrrole nitrogens is 1. The molecule has 0 aliphatic carbocycles. The second-order valence-electron chi connectivity index (χ2n) is 6.05. The second-order valence-corrected chi connectivity index (χ2v) is 6.49. The monoisotopic (exact) mass is 441 g/mol. The maximum absolute atomic E-state index is 13.4. The number of alkyl halides is 3. The summed E-state index contributed by atoms with van der Waals surface area (Å²) in [6, 6.07) is 5.88. The maximum atomic E-state index is 13.4. The average Bonchev–Trinajstić information content (AvgIpc) is 2.90. The highest BCUT2D eigenvalue weighted by Crippen LogP contribution is 2.36. The van der Waals surface area contributed by atoms with Crippen molar-refractivity contribution in [1.82, 2.24) is 18.9 Å². The third-order valence-electron chi connectivity index (χ3n) is 3.99. The second kappa shape index (κ2) is 7.60. The predicted octanol–water partition coefficient (Wildman–Crippen LogP) is 1.88. The molecule has 1 aromatic carbocycles. The molecule has 0 unspecified atom stereocenters. The van der Waals surface area contributed by atoms with Gasteiger partial charge in [-0.2, -0.15) is 18.4 Å². The Balaban J connectivity index is 2.13. The maximum Gasteiger partial charge on any atom is 0.420 e. The van der Waals surface area contributed by atoms with Gasteiger partial charge < -0.3 is 4.74 Å². The van der Waals surface area contributed by atoms with Crippen molar-refractivity contribution >= 4 is 11.6 Å². The Morgan fingerprint density at radius 1 is 1.23 bits per heavy atom. The minimum atomic E-state index is -4.93. The summed E-state index contributed by atoms with van der Waals surface area (Å²) in [6.07, 6.45) is -4.11. The number of pyridine rings is 1. The molecule has 0 saturated carbocycles. The van der Waals surface area contributed by atoms with E-state index < -0.39 is 41.1 Å². The molecule has 0 aliphatic heterocycles. The van der Waals surface area contributed by atoms with Crippen LogP contribution in [-0.4, -0.2) is 18.9 Å². The molecule has 0 amide bonds. The van der Waals surface area contributed by atoms with Crippen molar-refractivity contribution in [1.29, 1.82) is 5.26 Å². The Morgan fingerprint density at radius 3 is 2.50 bits per heavy atom. The van der Waals surface area contributed by atoms with Crippen LogP contribution in [0.15, 0.2) is 44.8 Å². The summed E-state index contributed by atoms with van der Waals surface area (Å²) in [4.78, 5) is 36.2. The molecule has 3 aromatic rings. The van der Waals surface area contributed by atoms with Crippen molar-refractivity contribution in [2.24, 2.45) is 7.05 Å². The van der Waals surface area contributed by atoms with Crippen LogP contribution in [0.3, 0.4) is 0 Å². The Bertz CT molecular complexity index is 1340. The Kier molecular flexibility index (Phi) is 5.32. The van der Waals surface area contributed by atoms with E-state index >= 15 is 0 Å². The van der Waals surface area contributed by atoms with E-state index in [4.69, 9.17) is 21.6 Å². The van der Waals surface area contributed by atoms with Gasteiger partial charge in [0.25, 0.3) is 5.56 Å². The van der Waals surface area contributed by atoms with Crippen LogP contribution in [0.2, 0.25) is 5.02 Å². The highest BCUT2D eigenvalue weighted by atomic mass is 35.5. The van der Waals surface area contributed by atoms with Gasteiger partial charge in [0.05, 0.1) is 11.6 Å². The zero-order valence-corrected chi connectivity index (χ0v) is 15.8. The lowest BCUT2D eigenvalue weighted by Crippen LogP contribution is -2.32. The molecule has 0 radical (unpaired) electrons. The summed E-state index contributed by atoms with van der Waals surface area (Å²) >= 11 is 5.83. The Hall–Kier alpha value is -3.72. The number of benzene rings is 1. The van der Waals surface area contributed by atoms with E-state index in [-0.39, 0.29) is 16.3 Å². The van der Waals surface area contributed by atoms with Crippen molar-refractivity contribution in [3.8, 4) is 17.6 Å². The van der Waals surface area contributed by atoms with E-state index in [1.165, 1.54) is 13.1 Å². The summed E-state index contributed by atoms with van der Waals surface area (Å²) in [5.74, 6) is -1.34. The highest BCUT2D eigenvalue weighted by Gasteiger charge is 2.36. The average molecular weight is 442 g/mol. The van der Waals surface area contributed by atoms with Gasteiger partial charge in [0.15, 0.2) is 0 Å². The van der Waals surface area contributed by atoms with Gasteiger partial charge in [-0.1, -0.05) is 11.6 Å². The van der Waals surface area contributed by atoms with Crippen LogP contribution in [-0.2, 0) is 19.9 Å². The van der Waals surface area contributed by atoms with Crippen molar-refractivity contribution in [3.05, 3.63) is 77.9 Å². The summed E-state index contributed by atoms with van der Waals surface area (Å²) in [7, 11) is 1.19. The van der Waals surface area contributed by atoms with Crippen LogP contribution in [0.1, 0.15) is 11.1 Å². The lowest BCUT2D eigenvalue weighted by atomic mass is 10.2. The lowest BCUT2D eigenvalue weighted by Gasteiger charge is -2.15. The number of hydrogen-bond donors (Lipinski definition) is 1. The minimum Gasteiger partial charge on any atom is -0.451 e. The van der Waals surface area contributed by atoms with Crippen molar-refractivity contribution in [2.75, 3.05) is 0 Å². The van der Waals surface area contributed by atoms with E-state index in [1.54, 1.807) is 6.07 Å². The van der Waals surface area contributed by atoms with E-state index in [1.807, 2.05) is 0 Å². The van der Waals surface area contributed by atoms with Gasteiger partial charge in [0.1, 0.15) is 18.0 Å². The van der Waals surface area contributed by atoms with Gasteiger partial charge >= 0.3 is 17.6 Å². The molecule has 0 bridgehead atoms. The molecule has 0 saturated heterocycles. The Labute approximate surface area is 169 Å². The molecule has 0 atom stereocenters. The topological polar surface area (TPSA) is 115 Å². The number of nitrogens with zero attached hydrogens (tertiary/aromatic N) is 4. The summed E-state index contributed by atoms with van der Waals surface area (Å²) < 4.78 is 47.7.